The zero-order valence-corrected chi connectivity index (χ0v) is 23.4. The topological polar surface area (TPSA) is 94.1 Å². The lowest BCUT2D eigenvalue weighted by Gasteiger charge is -2.39. The van der Waals surface area contributed by atoms with Crippen molar-refractivity contribution < 1.29 is 23.9 Å². The number of benzene rings is 2. The van der Waals surface area contributed by atoms with Gasteiger partial charge >= 0.3 is 6.09 Å². The second-order valence-corrected chi connectivity index (χ2v) is 13.2. The van der Waals surface area contributed by atoms with Crippen molar-refractivity contribution in [3.8, 4) is 0 Å². The Morgan fingerprint density at radius 2 is 1.95 bits per heavy atom. The molecular weight excluding hydrogens is 512 g/mol. The number of nitrogens with zero attached hydrogens (tertiary/aromatic N) is 1. The molecule has 0 saturated carbocycles. The zero-order chi connectivity index (χ0) is 26.6. The Morgan fingerprint density at radius 3 is 2.59 bits per heavy atom. The molecule has 37 heavy (non-hydrogen) atoms. The van der Waals surface area contributed by atoms with Crippen molar-refractivity contribution in [2.24, 2.45) is 0 Å². The molecule has 0 aromatic heterocycles. The second kappa shape index (κ2) is 11.9. The van der Waals surface area contributed by atoms with Crippen LogP contribution in [0.15, 0.2) is 42.5 Å². The summed E-state index contributed by atoms with van der Waals surface area (Å²) in [4.78, 5) is 13.0. The van der Waals surface area contributed by atoms with Gasteiger partial charge in [0, 0.05) is 42.3 Å². The smallest absolute Gasteiger partial charge is 0.407 e. The van der Waals surface area contributed by atoms with E-state index in [1.807, 2.05) is 51.1 Å². The first kappa shape index (κ1) is 28.2. The first-order valence-corrected chi connectivity index (χ1v) is 14.4. The van der Waals surface area contributed by atoms with Gasteiger partial charge in [0.2, 0.25) is 0 Å². The van der Waals surface area contributed by atoms with Gasteiger partial charge in [-0.2, -0.15) is 0 Å². The molecule has 9 heteroatoms. The lowest BCUT2D eigenvalue weighted by Crippen LogP contribution is -2.45. The Morgan fingerprint density at radius 1 is 1.24 bits per heavy atom. The average molecular weight is 549 g/mol. The summed E-state index contributed by atoms with van der Waals surface area (Å²) in [6, 6.07) is 13.7. The van der Waals surface area contributed by atoms with E-state index in [1.54, 1.807) is 0 Å². The van der Waals surface area contributed by atoms with Crippen molar-refractivity contribution >= 4 is 29.1 Å². The minimum Gasteiger partial charge on any atom is -0.598 e. The summed E-state index contributed by atoms with van der Waals surface area (Å²) in [6.45, 7) is 7.79. The highest BCUT2D eigenvalue weighted by Crippen LogP contribution is 2.37. The Labute approximate surface area is 227 Å². The van der Waals surface area contributed by atoms with Crippen LogP contribution in [0.5, 0.6) is 0 Å². The molecule has 2 atom stereocenters. The highest BCUT2D eigenvalue weighted by atomic mass is 35.5. The van der Waals surface area contributed by atoms with Gasteiger partial charge in [-0.25, -0.2) is 4.79 Å². The highest BCUT2D eigenvalue weighted by Gasteiger charge is 2.38. The Balaban J connectivity index is 1.64. The first-order chi connectivity index (χ1) is 17.6. The predicted molar refractivity (Wildman–Crippen MR) is 146 cm³/mol. The third-order valence-electron chi connectivity index (χ3n) is 6.94. The minimum absolute atomic E-state index is 0.273. The molecule has 1 fully saturated rings. The number of fused-ring (bicyclic) bond motifs is 1. The molecule has 2 heterocycles. The zero-order valence-electron chi connectivity index (χ0n) is 21.8. The maximum Gasteiger partial charge on any atom is 0.407 e. The SMILES string of the molecule is CC(C)(C)[S+]([O-])N[C@@H](CCC1(Cc2ccccc2)OCCCO1)c1cc(Cl)cc2c1CCN(C(=O)O)C2. The number of amides is 1. The summed E-state index contributed by atoms with van der Waals surface area (Å²) in [5.74, 6) is -0.762. The third-order valence-corrected chi connectivity index (χ3v) is 8.76. The van der Waals surface area contributed by atoms with Gasteiger partial charge in [0.25, 0.3) is 0 Å². The fraction of sp³-hybridized carbons (Fsp3) is 0.536. The number of carboxylic acid groups (broad SMARTS) is 1. The Kier molecular flexibility index (Phi) is 9.09. The summed E-state index contributed by atoms with van der Waals surface area (Å²) in [5, 5.41) is 10.1. The van der Waals surface area contributed by atoms with E-state index in [1.165, 1.54) is 4.90 Å². The molecular formula is C28H37ClN2O5S. The van der Waals surface area contributed by atoms with E-state index in [0.717, 1.165) is 28.7 Å². The average Bonchev–Trinajstić information content (AvgIpc) is 2.86. The lowest BCUT2D eigenvalue weighted by atomic mass is 9.88. The summed E-state index contributed by atoms with van der Waals surface area (Å²) >= 11 is 5.22. The molecule has 0 radical (unpaired) electrons. The normalized spacial score (nSPS) is 19.2. The van der Waals surface area contributed by atoms with Crippen molar-refractivity contribution in [1.82, 2.24) is 9.62 Å². The summed E-state index contributed by atoms with van der Waals surface area (Å²) < 4.78 is 28.8. The first-order valence-electron chi connectivity index (χ1n) is 12.9. The summed E-state index contributed by atoms with van der Waals surface area (Å²) in [5.41, 5.74) is 4.08. The van der Waals surface area contributed by atoms with E-state index in [-0.39, 0.29) is 12.6 Å². The van der Waals surface area contributed by atoms with Gasteiger partial charge in [0.15, 0.2) is 5.79 Å². The lowest BCUT2D eigenvalue weighted by molar-refractivity contribution is -0.270. The van der Waals surface area contributed by atoms with Crippen LogP contribution in [-0.2, 0) is 40.2 Å². The molecule has 1 saturated heterocycles. The van der Waals surface area contributed by atoms with Crippen LogP contribution in [0.2, 0.25) is 5.02 Å². The van der Waals surface area contributed by atoms with E-state index in [2.05, 4.69) is 16.9 Å². The standard InChI is InChI=1S/C28H37ClN2O5S/c1-27(2,3)37(34)30-25(24-17-22(29)16-21-19-31(26(32)33)13-11-23(21)24)10-12-28(35-14-7-15-36-28)18-20-8-5-4-6-9-20/h4-6,8-9,16-17,25,30H,7,10-15,18-19H2,1-3H3,(H,32,33)/t25-,37?/m0/s1. The van der Waals surface area contributed by atoms with E-state index >= 15 is 0 Å². The molecule has 0 aliphatic carbocycles. The molecule has 2 N–H and O–H groups in total. The van der Waals surface area contributed by atoms with Gasteiger partial charge in [-0.1, -0.05) is 41.9 Å². The molecule has 202 valence electrons. The van der Waals surface area contributed by atoms with Gasteiger partial charge in [-0.15, -0.1) is 4.72 Å². The highest BCUT2D eigenvalue weighted by molar-refractivity contribution is 7.90. The van der Waals surface area contributed by atoms with Crippen LogP contribution in [0.3, 0.4) is 0 Å². The Bertz CT molecular complexity index is 1070. The van der Waals surface area contributed by atoms with E-state index in [4.69, 9.17) is 21.1 Å². The number of ether oxygens (including phenoxy) is 2. The van der Waals surface area contributed by atoms with Gasteiger partial charge < -0.3 is 24.0 Å². The summed E-state index contributed by atoms with van der Waals surface area (Å²) in [7, 11) is 0. The fourth-order valence-corrected chi connectivity index (χ4v) is 6.08. The second-order valence-electron chi connectivity index (χ2n) is 10.8. The van der Waals surface area contributed by atoms with E-state index in [0.29, 0.717) is 50.5 Å². The summed E-state index contributed by atoms with van der Waals surface area (Å²) in [6.07, 6.45) is 2.34. The van der Waals surface area contributed by atoms with Crippen molar-refractivity contribution in [3.63, 3.8) is 0 Å². The number of halogens is 1. The van der Waals surface area contributed by atoms with Crippen LogP contribution in [0.25, 0.3) is 0 Å². The minimum atomic E-state index is -1.33. The number of nitrogens with one attached hydrogen (secondary N) is 1. The molecule has 0 spiro atoms. The van der Waals surface area contributed by atoms with Gasteiger partial charge in [0.1, 0.15) is 4.75 Å². The maximum atomic E-state index is 13.3. The van der Waals surface area contributed by atoms with E-state index in [9.17, 15) is 14.5 Å². The van der Waals surface area contributed by atoms with E-state index < -0.39 is 28.0 Å². The predicted octanol–water partition coefficient (Wildman–Crippen LogP) is 5.63. The fourth-order valence-electron chi connectivity index (χ4n) is 4.97. The molecule has 1 unspecified atom stereocenters. The van der Waals surface area contributed by atoms with Crippen LogP contribution in [0.4, 0.5) is 4.79 Å². The van der Waals surface area contributed by atoms with Crippen LogP contribution >= 0.6 is 11.6 Å². The number of rotatable bonds is 8. The largest absolute Gasteiger partial charge is 0.598 e. The Hall–Kier alpha value is -1.81. The molecule has 7 nitrogen and oxygen atoms in total. The number of carbonyl (C=O) groups is 1. The molecule has 2 aliphatic heterocycles. The van der Waals surface area contributed by atoms with Crippen molar-refractivity contribution in [3.05, 3.63) is 69.7 Å². The quantitative estimate of drug-likeness (QED) is 0.415. The molecule has 2 aliphatic rings. The van der Waals surface area contributed by atoms with Crippen LogP contribution < -0.4 is 4.72 Å². The monoisotopic (exact) mass is 548 g/mol. The molecule has 2 aromatic rings. The van der Waals surface area contributed by atoms with Gasteiger partial charge in [-0.05, 0) is 74.4 Å². The van der Waals surface area contributed by atoms with Crippen LogP contribution in [-0.4, -0.2) is 50.9 Å². The number of hydrogen-bond acceptors (Lipinski definition) is 5. The molecule has 2 aromatic carbocycles. The maximum absolute atomic E-state index is 13.3. The molecule has 1 amide bonds. The van der Waals surface area contributed by atoms with Crippen molar-refractivity contribution in [1.29, 1.82) is 0 Å². The van der Waals surface area contributed by atoms with Crippen LogP contribution in [0, 0.1) is 0 Å². The van der Waals surface area contributed by atoms with Crippen molar-refractivity contribution in [2.45, 2.75) is 76.0 Å². The van der Waals surface area contributed by atoms with Gasteiger partial charge in [0.05, 0.1) is 19.3 Å². The number of hydrogen-bond donors (Lipinski definition) is 2. The van der Waals surface area contributed by atoms with Crippen LogP contribution in [0.1, 0.15) is 68.3 Å². The van der Waals surface area contributed by atoms with Gasteiger partial charge in [-0.3, -0.25) is 0 Å². The van der Waals surface area contributed by atoms with Crippen molar-refractivity contribution in [2.75, 3.05) is 19.8 Å². The molecule has 4 rings (SSSR count). The third kappa shape index (κ3) is 7.19. The molecule has 0 bridgehead atoms.